The fourth-order valence-electron chi connectivity index (χ4n) is 2.60. The first-order chi connectivity index (χ1) is 9.49. The Hall–Kier alpha value is -1.06. The third-order valence-corrected chi connectivity index (χ3v) is 3.74. The maximum Gasteiger partial charge on any atom is 0.0648 e. The summed E-state index contributed by atoms with van der Waals surface area (Å²) in [6, 6.07) is 9.25. The van der Waals surface area contributed by atoms with Crippen molar-refractivity contribution >= 4 is 5.69 Å². The van der Waals surface area contributed by atoms with E-state index in [1.54, 1.807) is 0 Å². The number of ether oxygens (including phenoxy) is 1. The van der Waals surface area contributed by atoms with Crippen LogP contribution in [-0.2, 0) is 11.3 Å². The van der Waals surface area contributed by atoms with Crippen LogP contribution in [0.5, 0.6) is 0 Å². The van der Waals surface area contributed by atoms with E-state index < -0.39 is 0 Å². The van der Waals surface area contributed by atoms with E-state index in [1.807, 2.05) is 0 Å². The molecular weight excluding hydrogens is 248 g/mol. The number of nitrogens with one attached hydrogen (secondary N) is 1. The smallest absolute Gasteiger partial charge is 0.0648 e. The molecule has 0 saturated heterocycles. The first kappa shape index (κ1) is 15.3. The lowest BCUT2D eigenvalue weighted by atomic mass is 10.1. The summed E-state index contributed by atoms with van der Waals surface area (Å²) in [6.45, 7) is 12.3. The summed E-state index contributed by atoms with van der Waals surface area (Å²) in [5.74, 6) is 0. The van der Waals surface area contributed by atoms with E-state index >= 15 is 0 Å². The van der Waals surface area contributed by atoms with Crippen LogP contribution in [0.3, 0.4) is 0 Å². The van der Waals surface area contributed by atoms with Gasteiger partial charge in [0, 0.05) is 31.4 Å². The molecule has 3 nitrogen and oxygen atoms in total. The molecule has 2 rings (SSSR count). The van der Waals surface area contributed by atoms with Crippen LogP contribution >= 0.6 is 0 Å². The van der Waals surface area contributed by atoms with Crippen molar-refractivity contribution in [3.05, 3.63) is 29.8 Å². The Balaban J connectivity index is 2.07. The lowest BCUT2D eigenvalue weighted by molar-refractivity contribution is 0.00129. The van der Waals surface area contributed by atoms with Gasteiger partial charge >= 0.3 is 0 Å². The van der Waals surface area contributed by atoms with Gasteiger partial charge in [0.2, 0.25) is 0 Å². The van der Waals surface area contributed by atoms with E-state index in [0.717, 1.165) is 32.7 Å². The van der Waals surface area contributed by atoms with Gasteiger partial charge in [-0.3, -0.25) is 0 Å². The molecular formula is C17H28N2O. The Morgan fingerprint density at radius 3 is 2.75 bits per heavy atom. The summed E-state index contributed by atoms with van der Waals surface area (Å²) in [6.07, 6.45) is 1.16. The van der Waals surface area contributed by atoms with Gasteiger partial charge in [0.05, 0.1) is 12.2 Å². The summed E-state index contributed by atoms with van der Waals surface area (Å²) < 4.78 is 5.89. The van der Waals surface area contributed by atoms with Crippen LogP contribution in [0.4, 0.5) is 5.69 Å². The number of hydrogen-bond donors (Lipinski definition) is 1. The molecule has 1 unspecified atom stereocenters. The second-order valence-electron chi connectivity index (χ2n) is 6.52. The minimum atomic E-state index is -0.0617. The van der Waals surface area contributed by atoms with Crippen molar-refractivity contribution in [2.75, 3.05) is 24.6 Å². The van der Waals surface area contributed by atoms with Gasteiger partial charge in [-0.15, -0.1) is 0 Å². The molecule has 1 heterocycles. The number of hydrogen-bond acceptors (Lipinski definition) is 3. The quantitative estimate of drug-likeness (QED) is 0.914. The van der Waals surface area contributed by atoms with Crippen LogP contribution in [0.25, 0.3) is 0 Å². The monoisotopic (exact) mass is 276 g/mol. The van der Waals surface area contributed by atoms with Crippen molar-refractivity contribution in [1.82, 2.24) is 5.32 Å². The Morgan fingerprint density at radius 2 is 2.05 bits per heavy atom. The van der Waals surface area contributed by atoms with Crippen LogP contribution in [0, 0.1) is 0 Å². The molecule has 0 aliphatic carbocycles. The maximum absolute atomic E-state index is 5.89. The molecule has 3 heteroatoms. The molecule has 0 amide bonds. The molecule has 0 spiro atoms. The number of benzene rings is 1. The van der Waals surface area contributed by atoms with E-state index in [0.29, 0.717) is 6.04 Å². The molecule has 1 aliphatic rings. The summed E-state index contributed by atoms with van der Waals surface area (Å²) in [7, 11) is 0. The van der Waals surface area contributed by atoms with E-state index in [4.69, 9.17) is 4.74 Å². The predicted molar refractivity (Wildman–Crippen MR) is 85.3 cm³/mol. The van der Waals surface area contributed by atoms with Gasteiger partial charge in [0.1, 0.15) is 0 Å². The first-order valence-electron chi connectivity index (χ1n) is 7.70. The Bertz CT molecular complexity index is 425. The highest BCUT2D eigenvalue weighted by molar-refractivity contribution is 5.54. The van der Waals surface area contributed by atoms with Crippen molar-refractivity contribution in [2.45, 2.75) is 52.3 Å². The summed E-state index contributed by atoms with van der Waals surface area (Å²) in [5, 5.41) is 3.64. The van der Waals surface area contributed by atoms with Crippen LogP contribution in [0.2, 0.25) is 0 Å². The number of para-hydroxylation sites is 1. The van der Waals surface area contributed by atoms with E-state index in [9.17, 15) is 0 Å². The maximum atomic E-state index is 5.89. The molecule has 1 aromatic carbocycles. The molecule has 1 N–H and O–H groups in total. The minimum absolute atomic E-state index is 0.0617. The Labute approximate surface area is 123 Å². The zero-order valence-electron chi connectivity index (χ0n) is 13.3. The molecule has 0 fully saturated rings. The largest absolute Gasteiger partial charge is 0.374 e. The van der Waals surface area contributed by atoms with Crippen LogP contribution < -0.4 is 10.2 Å². The molecule has 1 aliphatic heterocycles. The van der Waals surface area contributed by atoms with Gasteiger partial charge in [-0.25, -0.2) is 0 Å². The van der Waals surface area contributed by atoms with Gasteiger partial charge in [-0.1, -0.05) is 25.1 Å². The molecule has 1 aromatic rings. The number of anilines is 1. The highest BCUT2D eigenvalue weighted by atomic mass is 16.5. The highest BCUT2D eigenvalue weighted by Gasteiger charge is 2.20. The highest BCUT2D eigenvalue weighted by Crippen LogP contribution is 2.23. The summed E-state index contributed by atoms with van der Waals surface area (Å²) >= 11 is 0. The van der Waals surface area contributed by atoms with Gasteiger partial charge in [-0.05, 0) is 38.8 Å². The SMILES string of the molecule is CCC1CN(CCOC(C)(C)C)c2ccccc2CN1. The van der Waals surface area contributed by atoms with Gasteiger partial charge < -0.3 is 15.0 Å². The molecule has 0 radical (unpaired) electrons. The van der Waals surface area contributed by atoms with Gasteiger partial charge in [-0.2, -0.15) is 0 Å². The van der Waals surface area contributed by atoms with Crippen LogP contribution in [0.15, 0.2) is 24.3 Å². The predicted octanol–water partition coefficient (Wildman–Crippen LogP) is 3.19. The third kappa shape index (κ3) is 4.22. The molecule has 112 valence electrons. The van der Waals surface area contributed by atoms with Crippen LogP contribution in [-0.4, -0.2) is 31.3 Å². The molecule has 0 bridgehead atoms. The topological polar surface area (TPSA) is 24.5 Å². The Morgan fingerprint density at radius 1 is 1.30 bits per heavy atom. The van der Waals surface area contributed by atoms with Crippen molar-refractivity contribution in [1.29, 1.82) is 0 Å². The zero-order valence-corrected chi connectivity index (χ0v) is 13.3. The van der Waals surface area contributed by atoms with Crippen molar-refractivity contribution < 1.29 is 4.74 Å². The fourth-order valence-corrected chi connectivity index (χ4v) is 2.60. The zero-order chi connectivity index (χ0) is 14.6. The molecule has 0 aromatic heterocycles. The van der Waals surface area contributed by atoms with Crippen LogP contribution in [0.1, 0.15) is 39.7 Å². The average Bonchev–Trinajstić information content (AvgIpc) is 2.57. The van der Waals surface area contributed by atoms with Gasteiger partial charge in [0.25, 0.3) is 0 Å². The standard InChI is InChI=1S/C17H28N2O/c1-5-15-13-19(10-11-20-17(2,3)4)16-9-7-6-8-14(16)12-18-15/h6-9,15,18H,5,10-13H2,1-4H3. The number of rotatable bonds is 4. The number of nitrogens with zero attached hydrogens (tertiary/aromatic N) is 1. The lowest BCUT2D eigenvalue weighted by Crippen LogP contribution is -2.39. The normalized spacial score (nSPS) is 19.6. The second kappa shape index (κ2) is 6.59. The third-order valence-electron chi connectivity index (χ3n) is 3.74. The van der Waals surface area contributed by atoms with Crippen molar-refractivity contribution in [2.24, 2.45) is 0 Å². The number of fused-ring (bicyclic) bond motifs is 1. The van der Waals surface area contributed by atoms with E-state index in [2.05, 4.69) is 62.2 Å². The molecule has 1 atom stereocenters. The molecule has 20 heavy (non-hydrogen) atoms. The average molecular weight is 276 g/mol. The summed E-state index contributed by atoms with van der Waals surface area (Å²) in [5.41, 5.74) is 2.68. The van der Waals surface area contributed by atoms with E-state index in [-0.39, 0.29) is 5.60 Å². The first-order valence-corrected chi connectivity index (χ1v) is 7.70. The fraction of sp³-hybridized carbons (Fsp3) is 0.647. The summed E-state index contributed by atoms with van der Waals surface area (Å²) in [4.78, 5) is 2.47. The Kier molecular flexibility index (Phi) is 5.06. The second-order valence-corrected chi connectivity index (χ2v) is 6.52. The van der Waals surface area contributed by atoms with Gasteiger partial charge in [0.15, 0.2) is 0 Å². The lowest BCUT2D eigenvalue weighted by Gasteiger charge is -2.29. The van der Waals surface area contributed by atoms with E-state index in [1.165, 1.54) is 11.3 Å². The molecule has 0 saturated carbocycles. The van der Waals surface area contributed by atoms with Crippen molar-refractivity contribution in [3.8, 4) is 0 Å². The van der Waals surface area contributed by atoms with Crippen molar-refractivity contribution in [3.63, 3.8) is 0 Å². The minimum Gasteiger partial charge on any atom is -0.374 e.